The molecule has 8 heteroatoms. The van der Waals surface area contributed by atoms with Gasteiger partial charge in [0.05, 0.1) is 18.8 Å². The van der Waals surface area contributed by atoms with E-state index in [0.29, 0.717) is 44.6 Å². The minimum Gasteiger partial charge on any atom is -0.352 e. The Morgan fingerprint density at radius 2 is 1.74 bits per heavy atom. The summed E-state index contributed by atoms with van der Waals surface area (Å²) in [4.78, 5) is 40.5. The number of carbonyl (C=O) groups excluding carboxylic acids is 3. The zero-order valence-corrected chi connectivity index (χ0v) is 19.7. The van der Waals surface area contributed by atoms with E-state index in [0.717, 1.165) is 42.0 Å². The summed E-state index contributed by atoms with van der Waals surface area (Å²) in [6.07, 6.45) is 2.72. The minimum absolute atomic E-state index is 0.0651. The van der Waals surface area contributed by atoms with Crippen LogP contribution in [-0.4, -0.2) is 52.0 Å². The second-order valence-corrected chi connectivity index (χ2v) is 9.00. The number of nitrogens with zero attached hydrogens (tertiary/aromatic N) is 4. The van der Waals surface area contributed by atoms with E-state index in [4.69, 9.17) is 5.10 Å². The van der Waals surface area contributed by atoms with Gasteiger partial charge in [0.25, 0.3) is 5.91 Å². The van der Waals surface area contributed by atoms with Gasteiger partial charge in [0.2, 0.25) is 11.8 Å². The number of anilines is 1. The van der Waals surface area contributed by atoms with Crippen molar-refractivity contribution in [1.29, 1.82) is 0 Å². The lowest BCUT2D eigenvalue weighted by molar-refractivity contribution is -0.127. The van der Waals surface area contributed by atoms with Crippen LogP contribution in [0.3, 0.4) is 0 Å². The maximum atomic E-state index is 12.7. The van der Waals surface area contributed by atoms with Gasteiger partial charge in [-0.25, -0.2) is 4.68 Å². The van der Waals surface area contributed by atoms with E-state index in [2.05, 4.69) is 5.32 Å². The molecule has 0 aliphatic carbocycles. The van der Waals surface area contributed by atoms with Gasteiger partial charge in [-0.05, 0) is 30.5 Å². The van der Waals surface area contributed by atoms with Crippen LogP contribution in [0, 0.1) is 0 Å². The third-order valence-electron chi connectivity index (χ3n) is 6.56. The number of amides is 3. The van der Waals surface area contributed by atoms with Gasteiger partial charge in [-0.15, -0.1) is 0 Å². The Morgan fingerprint density at radius 3 is 2.49 bits per heavy atom. The van der Waals surface area contributed by atoms with Crippen molar-refractivity contribution in [3.8, 4) is 11.3 Å². The molecule has 0 atom stereocenters. The van der Waals surface area contributed by atoms with Crippen molar-refractivity contribution in [2.24, 2.45) is 0 Å². The molecule has 1 aromatic heterocycles. The number of carbonyl (C=O) groups is 3. The molecule has 35 heavy (non-hydrogen) atoms. The molecule has 0 saturated carbocycles. The monoisotopic (exact) mass is 471 g/mol. The van der Waals surface area contributed by atoms with Gasteiger partial charge in [0.15, 0.2) is 0 Å². The van der Waals surface area contributed by atoms with E-state index in [9.17, 15) is 14.4 Å². The highest BCUT2D eigenvalue weighted by Gasteiger charge is 2.26. The highest BCUT2D eigenvalue weighted by molar-refractivity contribution is 5.95. The van der Waals surface area contributed by atoms with Crippen LogP contribution in [0.25, 0.3) is 11.3 Å². The van der Waals surface area contributed by atoms with Crippen molar-refractivity contribution in [3.05, 3.63) is 71.8 Å². The van der Waals surface area contributed by atoms with Crippen LogP contribution in [0.15, 0.2) is 60.7 Å². The molecule has 1 fully saturated rings. The SMILES string of the molecule is O=C(NCCCN1CCCC1=O)c1ccc(CN2C(=O)CCn3nc(-c4ccccc4)cc32)cc1. The standard InChI is InChI=1S/C27H29N5O3/c33-25-8-4-15-30(25)16-5-14-28-27(35)22-11-9-20(10-12-22)19-31-24-18-23(21-6-2-1-3-7-21)29-32(24)17-13-26(31)34/h1-3,6-7,9-12,18H,4-5,8,13-17,19H2,(H,28,35). The summed E-state index contributed by atoms with van der Waals surface area (Å²) in [6.45, 7) is 3.03. The Morgan fingerprint density at radius 1 is 0.943 bits per heavy atom. The fraction of sp³-hybridized carbons (Fsp3) is 0.333. The molecule has 2 aliphatic rings. The Labute approximate surface area is 204 Å². The first kappa shape index (κ1) is 22.8. The minimum atomic E-state index is -0.135. The van der Waals surface area contributed by atoms with Gasteiger partial charge in [-0.2, -0.15) is 5.10 Å². The maximum Gasteiger partial charge on any atom is 0.251 e. The van der Waals surface area contributed by atoms with E-state index in [1.807, 2.05) is 58.1 Å². The average molecular weight is 472 g/mol. The molecule has 8 nitrogen and oxygen atoms in total. The molecule has 3 amide bonds. The summed E-state index contributed by atoms with van der Waals surface area (Å²) in [7, 11) is 0. The molecule has 3 aromatic rings. The van der Waals surface area contributed by atoms with E-state index in [-0.39, 0.29) is 17.7 Å². The summed E-state index contributed by atoms with van der Waals surface area (Å²) >= 11 is 0. The molecule has 0 spiro atoms. The van der Waals surface area contributed by atoms with Crippen molar-refractivity contribution in [2.45, 2.75) is 38.8 Å². The number of aryl methyl sites for hydroxylation is 1. The summed E-state index contributed by atoms with van der Waals surface area (Å²) in [6, 6.07) is 19.3. The van der Waals surface area contributed by atoms with Crippen molar-refractivity contribution in [3.63, 3.8) is 0 Å². The third-order valence-corrected chi connectivity index (χ3v) is 6.56. The lowest BCUT2D eigenvalue weighted by Gasteiger charge is -2.27. The molecule has 3 heterocycles. The summed E-state index contributed by atoms with van der Waals surface area (Å²) in [5, 5.41) is 7.62. The number of hydrogen-bond donors (Lipinski definition) is 1. The van der Waals surface area contributed by atoms with Crippen molar-refractivity contribution < 1.29 is 14.4 Å². The molecule has 0 bridgehead atoms. The fourth-order valence-corrected chi connectivity index (χ4v) is 4.63. The van der Waals surface area contributed by atoms with Crippen molar-refractivity contribution in [1.82, 2.24) is 20.0 Å². The first-order valence-corrected chi connectivity index (χ1v) is 12.2. The predicted octanol–water partition coefficient (Wildman–Crippen LogP) is 3.23. The average Bonchev–Trinajstić information content (AvgIpc) is 3.50. The molecule has 1 saturated heterocycles. The largest absolute Gasteiger partial charge is 0.352 e. The zero-order valence-electron chi connectivity index (χ0n) is 19.7. The first-order valence-electron chi connectivity index (χ1n) is 12.2. The van der Waals surface area contributed by atoms with Gasteiger partial charge < -0.3 is 10.2 Å². The van der Waals surface area contributed by atoms with Crippen LogP contribution in [0.5, 0.6) is 0 Å². The summed E-state index contributed by atoms with van der Waals surface area (Å²) in [5.74, 6) is 0.927. The fourth-order valence-electron chi connectivity index (χ4n) is 4.63. The Hall–Kier alpha value is -3.94. The molecule has 0 radical (unpaired) electrons. The maximum absolute atomic E-state index is 12.7. The van der Waals surface area contributed by atoms with Gasteiger partial charge in [-0.1, -0.05) is 42.5 Å². The van der Waals surface area contributed by atoms with Crippen molar-refractivity contribution in [2.75, 3.05) is 24.5 Å². The number of rotatable bonds is 8. The second-order valence-electron chi connectivity index (χ2n) is 9.00. The number of hydrogen-bond acceptors (Lipinski definition) is 4. The van der Waals surface area contributed by atoms with Crippen LogP contribution < -0.4 is 10.2 Å². The van der Waals surface area contributed by atoms with Crippen LogP contribution in [-0.2, 0) is 22.7 Å². The van der Waals surface area contributed by atoms with Gasteiger partial charge in [0.1, 0.15) is 5.82 Å². The number of nitrogens with one attached hydrogen (secondary N) is 1. The van der Waals surface area contributed by atoms with E-state index in [1.165, 1.54) is 0 Å². The predicted molar refractivity (Wildman–Crippen MR) is 133 cm³/mol. The van der Waals surface area contributed by atoms with Gasteiger partial charge >= 0.3 is 0 Å². The molecule has 180 valence electrons. The Balaban J connectivity index is 1.19. The smallest absolute Gasteiger partial charge is 0.251 e. The number of fused-ring (bicyclic) bond motifs is 1. The third kappa shape index (κ3) is 5.11. The topological polar surface area (TPSA) is 87.5 Å². The van der Waals surface area contributed by atoms with Crippen LogP contribution >= 0.6 is 0 Å². The van der Waals surface area contributed by atoms with E-state index < -0.39 is 0 Å². The van der Waals surface area contributed by atoms with Gasteiger partial charge in [0, 0.05) is 49.7 Å². The molecule has 2 aromatic carbocycles. The second kappa shape index (κ2) is 10.1. The highest BCUT2D eigenvalue weighted by atomic mass is 16.2. The zero-order chi connectivity index (χ0) is 24.2. The number of aromatic nitrogens is 2. The van der Waals surface area contributed by atoms with E-state index in [1.54, 1.807) is 17.0 Å². The lowest BCUT2D eigenvalue weighted by Crippen LogP contribution is -2.36. The van der Waals surface area contributed by atoms with Crippen LogP contribution in [0.4, 0.5) is 5.82 Å². The molecular weight excluding hydrogens is 442 g/mol. The molecule has 1 N–H and O–H groups in total. The number of benzene rings is 2. The highest BCUT2D eigenvalue weighted by Crippen LogP contribution is 2.29. The van der Waals surface area contributed by atoms with Crippen LogP contribution in [0.1, 0.15) is 41.6 Å². The Kier molecular flexibility index (Phi) is 6.61. The molecule has 0 unspecified atom stereocenters. The molecule has 2 aliphatic heterocycles. The quantitative estimate of drug-likeness (QED) is 0.511. The normalized spacial score (nSPS) is 15.4. The van der Waals surface area contributed by atoms with E-state index >= 15 is 0 Å². The summed E-state index contributed by atoms with van der Waals surface area (Å²) in [5.41, 5.74) is 3.39. The van der Waals surface area contributed by atoms with Crippen LogP contribution in [0.2, 0.25) is 0 Å². The lowest BCUT2D eigenvalue weighted by atomic mass is 10.1. The summed E-state index contributed by atoms with van der Waals surface area (Å²) < 4.78 is 1.89. The first-order chi connectivity index (χ1) is 17.1. The molecule has 5 rings (SSSR count). The molecular formula is C27H29N5O3. The Bertz CT molecular complexity index is 1220. The van der Waals surface area contributed by atoms with Gasteiger partial charge in [-0.3, -0.25) is 19.3 Å². The van der Waals surface area contributed by atoms with Crippen molar-refractivity contribution >= 4 is 23.5 Å². The number of likely N-dealkylation sites (tertiary alicyclic amines) is 1.